The van der Waals surface area contributed by atoms with Crippen LogP contribution in [0.2, 0.25) is 0 Å². The van der Waals surface area contributed by atoms with Crippen LogP contribution < -0.4 is 34.7 Å². The Morgan fingerprint density at radius 2 is 1.40 bits per heavy atom. The summed E-state index contributed by atoms with van der Waals surface area (Å²) in [6, 6.07) is 0. The summed E-state index contributed by atoms with van der Waals surface area (Å²) in [5.74, 6) is -0.930. The van der Waals surface area contributed by atoms with Gasteiger partial charge in [0.25, 0.3) is 0 Å². The number of allylic oxidation sites excluding steroid dienone is 6. The second-order valence-electron chi connectivity index (χ2n) is 4.62. The number of carboxylic acids is 1. The Morgan fingerprint density at radius 1 is 0.850 bits per heavy atom. The van der Waals surface area contributed by atoms with Gasteiger partial charge >= 0.3 is 29.6 Å². The van der Waals surface area contributed by atoms with E-state index in [1.165, 1.54) is 0 Å². The summed E-state index contributed by atoms with van der Waals surface area (Å²) in [5, 5.41) is 10.2. The van der Waals surface area contributed by atoms with Crippen LogP contribution in [0.3, 0.4) is 0 Å². The number of hydrogen-bond donors (Lipinski definition) is 0. The third-order valence-corrected chi connectivity index (χ3v) is 2.78. The number of carbonyl (C=O) groups excluding carboxylic acids is 1. The molecular weight excluding hydrogens is 259 g/mol. The summed E-state index contributed by atoms with van der Waals surface area (Å²) in [4.78, 5) is 10.2. The third kappa shape index (κ3) is 20.0. The predicted molar refractivity (Wildman–Crippen MR) is 79.7 cm³/mol. The molecule has 0 aromatic carbocycles. The minimum Gasteiger partial charge on any atom is -0.550 e. The SMILES string of the molecule is CC/C=C\C/C=C\C/C=C\CCCCCCC(=O)[O-].[Na+]. The molecule has 0 aliphatic carbocycles. The van der Waals surface area contributed by atoms with Gasteiger partial charge in [0.15, 0.2) is 0 Å². The first kappa shape index (κ1) is 22.0. The number of aliphatic carboxylic acids is 1. The summed E-state index contributed by atoms with van der Waals surface area (Å²) in [6.45, 7) is 2.14. The van der Waals surface area contributed by atoms with Gasteiger partial charge in [-0.15, -0.1) is 0 Å². The normalized spacial score (nSPS) is 11.4. The zero-order chi connectivity index (χ0) is 14.2. The Hall–Kier alpha value is -0.310. The quantitative estimate of drug-likeness (QED) is 0.304. The summed E-state index contributed by atoms with van der Waals surface area (Å²) < 4.78 is 0. The Labute approximate surface area is 146 Å². The molecule has 0 aliphatic rings. The van der Waals surface area contributed by atoms with E-state index in [2.05, 4.69) is 43.4 Å². The first-order valence-corrected chi connectivity index (χ1v) is 7.42. The maximum Gasteiger partial charge on any atom is 1.00 e. The van der Waals surface area contributed by atoms with Gasteiger partial charge in [0.1, 0.15) is 0 Å². The average molecular weight is 286 g/mol. The maximum atomic E-state index is 10.2. The molecule has 0 bridgehead atoms. The van der Waals surface area contributed by atoms with Crippen LogP contribution >= 0.6 is 0 Å². The van der Waals surface area contributed by atoms with Crippen LogP contribution in [-0.4, -0.2) is 5.97 Å². The van der Waals surface area contributed by atoms with E-state index >= 15 is 0 Å². The topological polar surface area (TPSA) is 40.1 Å². The van der Waals surface area contributed by atoms with E-state index < -0.39 is 5.97 Å². The summed E-state index contributed by atoms with van der Waals surface area (Å²) in [6.07, 6.45) is 21.6. The molecule has 0 N–H and O–H groups in total. The van der Waals surface area contributed by atoms with Crippen molar-refractivity contribution in [3.05, 3.63) is 36.5 Å². The maximum absolute atomic E-state index is 10.2. The Balaban J connectivity index is 0. The predicted octanol–water partition coefficient (Wildman–Crippen LogP) is 0.940. The largest absolute Gasteiger partial charge is 1.00 e. The van der Waals surface area contributed by atoms with Crippen molar-refractivity contribution in [1.82, 2.24) is 0 Å². The zero-order valence-electron chi connectivity index (χ0n) is 13.1. The van der Waals surface area contributed by atoms with Crippen LogP contribution in [0, 0.1) is 0 Å². The second-order valence-corrected chi connectivity index (χ2v) is 4.62. The standard InChI is InChI=1S/C17H28O2.Na/c1-2-3-4-5-6-7-8-9-10-11-12-13-14-15-16-17(18)19;/h3-4,6-7,9-10H,2,5,8,11-16H2,1H3,(H,18,19);/q;+1/p-1/b4-3-,7-6-,10-9-;. The smallest absolute Gasteiger partial charge is 0.550 e. The van der Waals surface area contributed by atoms with Crippen molar-refractivity contribution in [2.45, 2.75) is 64.7 Å². The fraction of sp³-hybridized carbons (Fsp3) is 0.588. The van der Waals surface area contributed by atoms with E-state index in [9.17, 15) is 9.90 Å². The molecule has 0 aromatic rings. The van der Waals surface area contributed by atoms with Crippen LogP contribution in [0.25, 0.3) is 0 Å². The van der Waals surface area contributed by atoms with Gasteiger partial charge in [0.05, 0.1) is 0 Å². The van der Waals surface area contributed by atoms with Gasteiger partial charge in [-0.3, -0.25) is 0 Å². The van der Waals surface area contributed by atoms with Crippen molar-refractivity contribution >= 4 is 5.97 Å². The molecule has 0 aliphatic heterocycles. The zero-order valence-corrected chi connectivity index (χ0v) is 15.1. The van der Waals surface area contributed by atoms with Crippen molar-refractivity contribution in [3.63, 3.8) is 0 Å². The minimum absolute atomic E-state index is 0. The number of unbranched alkanes of at least 4 members (excludes halogenated alkanes) is 4. The third-order valence-electron chi connectivity index (χ3n) is 2.78. The van der Waals surface area contributed by atoms with Crippen molar-refractivity contribution in [1.29, 1.82) is 0 Å². The molecule has 0 saturated heterocycles. The minimum atomic E-state index is -0.930. The summed E-state index contributed by atoms with van der Waals surface area (Å²) in [5.41, 5.74) is 0. The van der Waals surface area contributed by atoms with Crippen molar-refractivity contribution < 1.29 is 39.5 Å². The Morgan fingerprint density at radius 3 is 2.00 bits per heavy atom. The van der Waals surface area contributed by atoms with E-state index in [-0.39, 0.29) is 36.0 Å². The molecule has 0 rings (SSSR count). The Bertz CT molecular complexity index is 293. The first-order valence-electron chi connectivity index (χ1n) is 7.42. The fourth-order valence-corrected chi connectivity index (χ4v) is 1.71. The molecule has 0 aromatic heterocycles. The van der Waals surface area contributed by atoms with Gasteiger partial charge in [0.2, 0.25) is 0 Å². The van der Waals surface area contributed by atoms with Crippen LogP contribution in [0.1, 0.15) is 64.7 Å². The van der Waals surface area contributed by atoms with Gasteiger partial charge in [-0.05, 0) is 44.9 Å². The van der Waals surface area contributed by atoms with E-state index in [4.69, 9.17) is 0 Å². The first-order chi connectivity index (χ1) is 9.27. The molecule has 0 atom stereocenters. The molecule has 108 valence electrons. The monoisotopic (exact) mass is 286 g/mol. The fourth-order valence-electron chi connectivity index (χ4n) is 1.71. The van der Waals surface area contributed by atoms with Gasteiger partial charge < -0.3 is 9.90 Å². The van der Waals surface area contributed by atoms with Crippen molar-refractivity contribution in [2.75, 3.05) is 0 Å². The molecule has 0 amide bonds. The molecule has 0 heterocycles. The van der Waals surface area contributed by atoms with E-state index in [1.807, 2.05) is 0 Å². The molecule has 0 saturated carbocycles. The van der Waals surface area contributed by atoms with Crippen LogP contribution in [0.15, 0.2) is 36.5 Å². The van der Waals surface area contributed by atoms with Crippen molar-refractivity contribution in [2.24, 2.45) is 0 Å². The van der Waals surface area contributed by atoms with E-state index in [0.29, 0.717) is 0 Å². The number of carbonyl (C=O) groups is 1. The van der Waals surface area contributed by atoms with Gasteiger partial charge in [-0.1, -0.05) is 56.2 Å². The van der Waals surface area contributed by atoms with Crippen molar-refractivity contribution in [3.8, 4) is 0 Å². The second kappa shape index (κ2) is 18.7. The molecule has 0 spiro atoms. The molecule has 20 heavy (non-hydrogen) atoms. The number of rotatable bonds is 12. The molecular formula is C17H27NaO2. The van der Waals surface area contributed by atoms with Gasteiger partial charge in [0, 0.05) is 5.97 Å². The van der Waals surface area contributed by atoms with Crippen LogP contribution in [0.5, 0.6) is 0 Å². The molecule has 0 radical (unpaired) electrons. The number of carboxylic acid groups (broad SMARTS) is 1. The van der Waals surface area contributed by atoms with Crippen LogP contribution in [0.4, 0.5) is 0 Å². The van der Waals surface area contributed by atoms with Gasteiger partial charge in [-0.2, -0.15) is 0 Å². The van der Waals surface area contributed by atoms with Crippen LogP contribution in [-0.2, 0) is 4.79 Å². The summed E-state index contributed by atoms with van der Waals surface area (Å²) in [7, 11) is 0. The number of hydrogen-bond acceptors (Lipinski definition) is 2. The van der Waals surface area contributed by atoms with Gasteiger partial charge in [-0.25, -0.2) is 0 Å². The molecule has 3 heteroatoms. The average Bonchev–Trinajstić information content (AvgIpc) is 2.39. The molecule has 0 fully saturated rings. The summed E-state index contributed by atoms with van der Waals surface area (Å²) >= 11 is 0. The molecule has 2 nitrogen and oxygen atoms in total. The van der Waals surface area contributed by atoms with E-state index in [0.717, 1.165) is 51.4 Å². The molecule has 0 unspecified atom stereocenters. The Kier molecular flexibility index (Phi) is 20.5. The van der Waals surface area contributed by atoms with E-state index in [1.54, 1.807) is 0 Å².